The van der Waals surface area contributed by atoms with Crippen molar-refractivity contribution >= 4 is 11.7 Å². The molecule has 1 N–H and O–H groups in total. The lowest BCUT2D eigenvalue weighted by molar-refractivity contribution is -0.143. The highest BCUT2D eigenvalue weighted by molar-refractivity contribution is 5.95. The molecule has 0 bridgehead atoms. The zero-order valence-electron chi connectivity index (χ0n) is 16.9. The van der Waals surface area contributed by atoms with Crippen molar-refractivity contribution < 1.29 is 22.4 Å². The third kappa shape index (κ3) is 4.84. The Kier molecular flexibility index (Phi) is 6.57. The highest BCUT2D eigenvalue weighted by Crippen LogP contribution is 2.34. The number of aromatic nitrogens is 3. The normalized spacial score (nSPS) is 11.4. The Bertz CT molecular complexity index is 1040. The van der Waals surface area contributed by atoms with Gasteiger partial charge in [0, 0.05) is 25.8 Å². The van der Waals surface area contributed by atoms with Gasteiger partial charge in [-0.3, -0.25) is 4.79 Å². The van der Waals surface area contributed by atoms with Gasteiger partial charge in [-0.15, -0.1) is 0 Å². The van der Waals surface area contributed by atoms with Crippen molar-refractivity contribution in [1.82, 2.24) is 20.1 Å². The number of halogens is 4. The highest BCUT2D eigenvalue weighted by Gasteiger charge is 2.41. The van der Waals surface area contributed by atoms with Gasteiger partial charge in [0.1, 0.15) is 17.3 Å². The van der Waals surface area contributed by atoms with E-state index in [1.54, 1.807) is 18.3 Å². The molecule has 0 aliphatic rings. The van der Waals surface area contributed by atoms with Crippen LogP contribution in [0.3, 0.4) is 0 Å². The first-order valence-electron chi connectivity index (χ1n) is 9.64. The van der Waals surface area contributed by atoms with Crippen molar-refractivity contribution in [2.75, 3.05) is 18.0 Å². The number of anilines is 1. The fourth-order valence-corrected chi connectivity index (χ4v) is 3.13. The van der Waals surface area contributed by atoms with E-state index in [1.165, 1.54) is 12.1 Å². The molecule has 0 aliphatic carbocycles. The predicted octanol–water partition coefficient (Wildman–Crippen LogP) is 4.20. The molecule has 0 spiro atoms. The number of para-hydroxylation sites is 1. The maximum absolute atomic E-state index is 14.0. The lowest BCUT2D eigenvalue weighted by Gasteiger charge is -2.19. The zero-order chi connectivity index (χ0) is 22.6. The average molecular weight is 435 g/mol. The van der Waals surface area contributed by atoms with E-state index in [0.717, 1.165) is 37.2 Å². The summed E-state index contributed by atoms with van der Waals surface area (Å²) in [5.41, 5.74) is -1.81. The van der Waals surface area contributed by atoms with Gasteiger partial charge < -0.3 is 10.2 Å². The van der Waals surface area contributed by atoms with Crippen molar-refractivity contribution in [2.45, 2.75) is 26.6 Å². The largest absolute Gasteiger partial charge is 0.434 e. The van der Waals surface area contributed by atoms with Gasteiger partial charge in [0.05, 0.1) is 11.8 Å². The number of pyridine rings is 1. The first-order chi connectivity index (χ1) is 14.8. The molecule has 2 heterocycles. The van der Waals surface area contributed by atoms with E-state index in [-0.39, 0.29) is 6.54 Å². The second-order valence-corrected chi connectivity index (χ2v) is 6.65. The molecule has 3 aromatic rings. The number of benzene rings is 1. The summed E-state index contributed by atoms with van der Waals surface area (Å²) < 4.78 is 55.5. The number of hydrogen-bond acceptors (Lipinski definition) is 4. The molecule has 1 aromatic carbocycles. The average Bonchev–Trinajstić information content (AvgIpc) is 3.20. The zero-order valence-corrected chi connectivity index (χ0v) is 16.9. The summed E-state index contributed by atoms with van der Waals surface area (Å²) in [7, 11) is 0. The lowest BCUT2D eigenvalue weighted by Crippen LogP contribution is -2.27. The number of rotatable bonds is 7. The molecule has 1 amide bonds. The second kappa shape index (κ2) is 9.15. The van der Waals surface area contributed by atoms with Gasteiger partial charge in [-0.25, -0.2) is 14.1 Å². The number of nitrogens with one attached hydrogen (secondary N) is 1. The molecular formula is C21H21F4N5O. The van der Waals surface area contributed by atoms with Gasteiger partial charge in [-0.05, 0) is 37.6 Å². The molecule has 0 unspecified atom stereocenters. The Balaban J connectivity index is 1.82. The quantitative estimate of drug-likeness (QED) is 0.565. The first kappa shape index (κ1) is 22.3. The summed E-state index contributed by atoms with van der Waals surface area (Å²) >= 11 is 0. The molecule has 3 rings (SSSR count). The van der Waals surface area contributed by atoms with Crippen LogP contribution in [-0.2, 0) is 12.7 Å². The van der Waals surface area contributed by atoms with Crippen molar-refractivity contribution in [1.29, 1.82) is 0 Å². The van der Waals surface area contributed by atoms with Gasteiger partial charge in [0.2, 0.25) is 0 Å². The van der Waals surface area contributed by atoms with Crippen LogP contribution in [-0.4, -0.2) is 33.8 Å². The van der Waals surface area contributed by atoms with Crippen LogP contribution in [0, 0.1) is 5.82 Å². The number of hydrogen-bond donors (Lipinski definition) is 1. The summed E-state index contributed by atoms with van der Waals surface area (Å²) in [6.07, 6.45) is -2.58. The third-order valence-electron chi connectivity index (χ3n) is 4.71. The third-order valence-corrected chi connectivity index (χ3v) is 4.71. The van der Waals surface area contributed by atoms with Crippen molar-refractivity contribution in [3.05, 3.63) is 71.4 Å². The Morgan fingerprint density at radius 1 is 1.10 bits per heavy atom. The summed E-state index contributed by atoms with van der Waals surface area (Å²) in [6.45, 7) is 5.54. The molecular weight excluding hydrogens is 414 g/mol. The topological polar surface area (TPSA) is 63.1 Å². The molecule has 2 aromatic heterocycles. The van der Waals surface area contributed by atoms with Gasteiger partial charge in [0.25, 0.3) is 5.91 Å². The molecule has 31 heavy (non-hydrogen) atoms. The Morgan fingerprint density at radius 2 is 1.81 bits per heavy atom. The minimum Gasteiger partial charge on any atom is -0.357 e. The molecule has 6 nitrogen and oxygen atoms in total. The van der Waals surface area contributed by atoms with E-state index in [9.17, 15) is 22.4 Å². The van der Waals surface area contributed by atoms with Crippen LogP contribution in [0.2, 0.25) is 0 Å². The maximum atomic E-state index is 14.0. The summed E-state index contributed by atoms with van der Waals surface area (Å²) in [4.78, 5) is 18.9. The number of carbonyl (C=O) groups is 1. The molecule has 0 atom stereocenters. The van der Waals surface area contributed by atoms with Gasteiger partial charge in [0.15, 0.2) is 5.69 Å². The van der Waals surface area contributed by atoms with Crippen LogP contribution in [0.1, 0.15) is 35.5 Å². The number of carbonyl (C=O) groups excluding carboxylic acids is 1. The van der Waals surface area contributed by atoms with Gasteiger partial charge in [-0.2, -0.15) is 18.3 Å². The SMILES string of the molecule is CCN(CC)c1ccc(CNC(=O)c2cnn(-c3ccccc3F)c2C(F)(F)F)cn1. The molecule has 164 valence electrons. The van der Waals surface area contributed by atoms with Crippen LogP contribution in [0.4, 0.5) is 23.4 Å². The smallest absolute Gasteiger partial charge is 0.357 e. The molecule has 0 saturated carbocycles. The standard InChI is InChI=1S/C21H21F4N5O/c1-3-29(4-2)18-10-9-14(11-26-18)12-27-20(31)15-13-28-30(19(15)21(23,24)25)17-8-6-5-7-16(17)22/h5-11,13H,3-4,12H2,1-2H3,(H,27,31). The summed E-state index contributed by atoms with van der Waals surface area (Å²) in [5, 5.41) is 6.06. The van der Waals surface area contributed by atoms with E-state index in [2.05, 4.69) is 15.4 Å². The molecule has 10 heteroatoms. The fourth-order valence-electron chi connectivity index (χ4n) is 3.13. The van der Waals surface area contributed by atoms with Gasteiger partial charge >= 0.3 is 6.18 Å². The number of nitrogens with zero attached hydrogens (tertiary/aromatic N) is 4. The minimum atomic E-state index is -4.92. The van der Waals surface area contributed by atoms with Gasteiger partial charge in [-0.1, -0.05) is 18.2 Å². The maximum Gasteiger partial charge on any atom is 0.434 e. The predicted molar refractivity (Wildman–Crippen MR) is 107 cm³/mol. The lowest BCUT2D eigenvalue weighted by atomic mass is 10.2. The number of amides is 1. The van der Waals surface area contributed by atoms with Crippen LogP contribution < -0.4 is 10.2 Å². The van der Waals surface area contributed by atoms with Crippen LogP contribution >= 0.6 is 0 Å². The van der Waals surface area contributed by atoms with Crippen LogP contribution in [0.25, 0.3) is 5.69 Å². The Labute approximate surface area is 176 Å². The van der Waals surface area contributed by atoms with Crippen molar-refractivity contribution in [3.8, 4) is 5.69 Å². The van der Waals surface area contributed by atoms with Crippen LogP contribution in [0.5, 0.6) is 0 Å². The number of alkyl halides is 3. The van der Waals surface area contributed by atoms with E-state index < -0.39 is 34.8 Å². The minimum absolute atomic E-state index is 0.0213. The Morgan fingerprint density at radius 3 is 2.39 bits per heavy atom. The van der Waals surface area contributed by atoms with Crippen LogP contribution in [0.15, 0.2) is 48.8 Å². The molecule has 0 fully saturated rings. The van der Waals surface area contributed by atoms with E-state index in [0.29, 0.717) is 10.2 Å². The monoisotopic (exact) mass is 435 g/mol. The molecule has 0 aliphatic heterocycles. The first-order valence-corrected chi connectivity index (χ1v) is 9.64. The second-order valence-electron chi connectivity index (χ2n) is 6.65. The van der Waals surface area contributed by atoms with E-state index in [4.69, 9.17) is 0 Å². The molecule has 0 saturated heterocycles. The van der Waals surface area contributed by atoms with Crippen molar-refractivity contribution in [3.63, 3.8) is 0 Å². The summed E-state index contributed by atoms with van der Waals surface area (Å²) in [5.74, 6) is -1.09. The van der Waals surface area contributed by atoms with E-state index >= 15 is 0 Å². The van der Waals surface area contributed by atoms with E-state index in [1.807, 2.05) is 18.7 Å². The Hall–Kier alpha value is -3.43. The summed E-state index contributed by atoms with van der Waals surface area (Å²) in [6, 6.07) is 8.44. The van der Waals surface area contributed by atoms with Crippen molar-refractivity contribution in [2.24, 2.45) is 0 Å². The highest BCUT2D eigenvalue weighted by atomic mass is 19.4. The fraction of sp³-hybridized carbons (Fsp3) is 0.286. The molecule has 0 radical (unpaired) electrons.